The highest BCUT2D eigenvalue weighted by Gasteiger charge is 2.45. The zero-order valence-corrected chi connectivity index (χ0v) is 44.2. The number of hydrogen-bond donors (Lipinski definition) is 0. The summed E-state index contributed by atoms with van der Waals surface area (Å²) in [4.78, 5) is 0. The van der Waals surface area contributed by atoms with Gasteiger partial charge in [-0.25, -0.2) is 0 Å². The van der Waals surface area contributed by atoms with Crippen LogP contribution in [0.3, 0.4) is 0 Å². The van der Waals surface area contributed by atoms with Crippen molar-refractivity contribution in [3.63, 3.8) is 0 Å². The monoisotopic (exact) mass is 941 g/mol. The third-order valence-electron chi connectivity index (χ3n) is 20.8. The minimum atomic E-state index is 0.538. The molecular formula is C72H76. The topological polar surface area (TPSA) is 0 Å². The lowest BCUT2D eigenvalue weighted by Crippen LogP contribution is -2.22. The molecule has 0 aromatic heterocycles. The molecule has 6 aliphatic rings. The van der Waals surface area contributed by atoms with Crippen molar-refractivity contribution in [2.45, 2.75) is 205 Å². The van der Waals surface area contributed by atoms with Gasteiger partial charge in [0.05, 0.1) is 0 Å². The summed E-state index contributed by atoms with van der Waals surface area (Å²) in [7, 11) is 0. The van der Waals surface area contributed by atoms with Crippen molar-refractivity contribution in [3.8, 4) is 44.5 Å². The van der Waals surface area contributed by atoms with Gasteiger partial charge in [0.15, 0.2) is 0 Å². The summed E-state index contributed by atoms with van der Waals surface area (Å²) in [6.45, 7) is 9.50. The minimum absolute atomic E-state index is 0.538. The molecule has 0 spiro atoms. The molecule has 8 aromatic carbocycles. The van der Waals surface area contributed by atoms with E-state index < -0.39 is 0 Å². The number of unbranched alkanes of at least 4 members (excludes halogenated alkanes) is 12. The van der Waals surface area contributed by atoms with Crippen LogP contribution in [0, 0.1) is 0 Å². The molecule has 0 radical (unpaired) electrons. The lowest BCUT2D eigenvalue weighted by atomic mass is 9.69. The molecule has 0 heteroatoms. The molecule has 0 amide bonds. The van der Waals surface area contributed by atoms with E-state index in [4.69, 9.17) is 0 Å². The molecule has 0 fully saturated rings. The summed E-state index contributed by atoms with van der Waals surface area (Å²) in [5, 5.41) is 12.9. The van der Waals surface area contributed by atoms with Crippen LogP contribution in [0.2, 0.25) is 0 Å². The Morgan fingerprint density at radius 3 is 0.764 bits per heavy atom. The first-order chi connectivity index (χ1) is 35.6. The normalized spacial score (nSPS) is 19.2. The number of fused-ring (bicyclic) bond motifs is 16. The minimum Gasteiger partial charge on any atom is -0.0654 e. The van der Waals surface area contributed by atoms with Crippen LogP contribution in [0.25, 0.3) is 87.6 Å². The molecule has 0 nitrogen and oxygen atoms in total. The fourth-order valence-electron chi connectivity index (χ4n) is 17.5. The summed E-state index contributed by atoms with van der Waals surface area (Å²) in [6.07, 6.45) is 30.6. The first kappa shape index (κ1) is 44.3. The van der Waals surface area contributed by atoms with Crippen molar-refractivity contribution in [2.75, 3.05) is 0 Å². The van der Waals surface area contributed by atoms with E-state index in [0.717, 1.165) is 0 Å². The van der Waals surface area contributed by atoms with Crippen LogP contribution in [0.1, 0.15) is 221 Å². The predicted molar refractivity (Wildman–Crippen MR) is 309 cm³/mol. The SMILES string of the molecule is CCCCCCc1c2c3c(CCCCCC)c4cc5c(cc14)-c1ccc4c6c(ccc-5c16)[C@@H]1Cc5c(c(CCCCCC)c6cc7c(cc6c5CCCCCC)-c5ccc6c8c(ccc-7c58)[C@@H](C2)[C@H]6C3)C[C@H]41. The van der Waals surface area contributed by atoms with Crippen molar-refractivity contribution in [3.05, 3.63) is 140 Å². The highest BCUT2D eigenvalue weighted by molar-refractivity contribution is 6.22. The molecule has 0 bridgehead atoms. The number of hydrogen-bond acceptors (Lipinski definition) is 0. The summed E-state index contributed by atoms with van der Waals surface area (Å²) in [6, 6.07) is 32.2. The van der Waals surface area contributed by atoms with Crippen LogP contribution in [-0.2, 0) is 51.4 Å². The van der Waals surface area contributed by atoms with Gasteiger partial charge in [-0.2, -0.15) is 0 Å². The van der Waals surface area contributed by atoms with Crippen LogP contribution in [0.5, 0.6) is 0 Å². The van der Waals surface area contributed by atoms with Crippen LogP contribution < -0.4 is 0 Å². The first-order valence-electron chi connectivity index (χ1n) is 30.1. The molecule has 0 N–H and O–H groups in total. The second kappa shape index (κ2) is 17.2. The van der Waals surface area contributed by atoms with Gasteiger partial charge in [-0.1, -0.05) is 153 Å². The molecule has 0 unspecified atom stereocenters. The average Bonchev–Trinajstić information content (AvgIpc) is 4.11. The van der Waals surface area contributed by atoms with Crippen LogP contribution in [-0.4, -0.2) is 0 Å². The summed E-state index contributed by atoms with van der Waals surface area (Å²) >= 11 is 0. The Kier molecular flexibility index (Phi) is 10.6. The molecule has 14 rings (SSSR count). The van der Waals surface area contributed by atoms with Crippen molar-refractivity contribution < 1.29 is 0 Å². The molecule has 0 aliphatic heterocycles. The summed E-state index contributed by atoms with van der Waals surface area (Å²) < 4.78 is 0. The van der Waals surface area contributed by atoms with E-state index in [1.54, 1.807) is 110 Å². The third kappa shape index (κ3) is 6.17. The summed E-state index contributed by atoms with van der Waals surface area (Å²) in [5.41, 5.74) is 32.7. The van der Waals surface area contributed by atoms with E-state index in [2.05, 4.69) is 100 Å². The number of benzene rings is 8. The van der Waals surface area contributed by atoms with Crippen LogP contribution in [0.4, 0.5) is 0 Å². The quantitative estimate of drug-likeness (QED) is 0.0668. The first-order valence-corrected chi connectivity index (χ1v) is 30.1. The van der Waals surface area contributed by atoms with E-state index in [1.165, 1.54) is 199 Å². The predicted octanol–water partition coefficient (Wildman–Crippen LogP) is 20.4. The Labute approximate surface area is 430 Å². The maximum atomic E-state index is 2.78. The van der Waals surface area contributed by atoms with Crippen molar-refractivity contribution >= 4 is 43.1 Å². The number of rotatable bonds is 20. The van der Waals surface area contributed by atoms with Gasteiger partial charge in [0.2, 0.25) is 0 Å². The third-order valence-corrected chi connectivity index (χ3v) is 20.8. The van der Waals surface area contributed by atoms with Gasteiger partial charge >= 0.3 is 0 Å². The molecule has 8 aromatic rings. The Morgan fingerprint density at radius 1 is 0.278 bits per heavy atom. The maximum Gasteiger partial charge on any atom is -0.00206 e. The van der Waals surface area contributed by atoms with Crippen LogP contribution in [0.15, 0.2) is 72.8 Å². The molecule has 72 heavy (non-hydrogen) atoms. The molecule has 0 saturated heterocycles. The summed E-state index contributed by atoms with van der Waals surface area (Å²) in [5.74, 6) is 2.15. The van der Waals surface area contributed by atoms with Gasteiger partial charge in [-0.15, -0.1) is 0 Å². The molecule has 0 saturated carbocycles. The highest BCUT2D eigenvalue weighted by atomic mass is 14.5. The van der Waals surface area contributed by atoms with Gasteiger partial charge in [-0.3, -0.25) is 0 Å². The van der Waals surface area contributed by atoms with Crippen molar-refractivity contribution in [2.24, 2.45) is 0 Å². The van der Waals surface area contributed by atoms with E-state index in [9.17, 15) is 0 Å². The Balaban J connectivity index is 1.03. The zero-order chi connectivity index (χ0) is 47.9. The van der Waals surface area contributed by atoms with Crippen LogP contribution >= 0.6 is 0 Å². The second-order valence-corrected chi connectivity index (χ2v) is 24.5. The van der Waals surface area contributed by atoms with E-state index >= 15 is 0 Å². The standard InChI is InChI=1S/C72H76/c1-5-9-13-17-21-41-53-33-61-45-25-27-49-65-37-57-43(23-19-15-11-7-3)58-38-66-50-28-26-46-62-34-54(41)56-36-64(62)48-30-32-52(72(50)70(46)48)68(66)40-60(58)44(24-20-16-12-8-4)59(57)39-67(65)51-31-29-47(69(45)71(49)51)63(61)35-55(53)42(56)22-18-14-10-6-2/h25-33,35,38,40,62,64-65,67H,5-24,34,36-37,39H2,1-4H3/t62-,64+,65-,67+. The number of aryl methyl sites for hydroxylation is 4. The molecule has 6 aliphatic carbocycles. The van der Waals surface area contributed by atoms with Crippen molar-refractivity contribution in [1.82, 2.24) is 0 Å². The highest BCUT2D eigenvalue weighted by Crippen LogP contribution is 2.63. The smallest absolute Gasteiger partial charge is 0.00206 e. The van der Waals surface area contributed by atoms with E-state index in [0.29, 0.717) is 23.7 Å². The fraction of sp³-hybridized carbons (Fsp3) is 0.444. The van der Waals surface area contributed by atoms with Gasteiger partial charge in [-0.05, 0) is 279 Å². The Bertz CT molecular complexity index is 3140. The molecule has 0 heterocycles. The lowest BCUT2D eigenvalue weighted by Gasteiger charge is -2.34. The molecular weight excluding hydrogens is 865 g/mol. The zero-order valence-electron chi connectivity index (χ0n) is 44.2. The largest absolute Gasteiger partial charge is 0.0654 e. The molecule has 4 atom stereocenters. The van der Waals surface area contributed by atoms with E-state index in [1.807, 2.05) is 0 Å². The van der Waals surface area contributed by atoms with Gasteiger partial charge in [0.25, 0.3) is 0 Å². The fourth-order valence-corrected chi connectivity index (χ4v) is 17.5. The lowest BCUT2D eigenvalue weighted by molar-refractivity contribution is 0.516. The van der Waals surface area contributed by atoms with Gasteiger partial charge in [0.1, 0.15) is 0 Å². The second-order valence-electron chi connectivity index (χ2n) is 24.5. The Morgan fingerprint density at radius 2 is 0.528 bits per heavy atom. The van der Waals surface area contributed by atoms with E-state index in [-0.39, 0.29) is 0 Å². The maximum absolute atomic E-state index is 2.78. The average molecular weight is 941 g/mol. The van der Waals surface area contributed by atoms with Gasteiger partial charge in [0, 0.05) is 0 Å². The Hall–Kier alpha value is -5.20. The van der Waals surface area contributed by atoms with Gasteiger partial charge < -0.3 is 0 Å². The van der Waals surface area contributed by atoms with Crippen molar-refractivity contribution in [1.29, 1.82) is 0 Å². The molecule has 364 valence electrons.